The molecule has 0 aromatic rings. The Labute approximate surface area is 114 Å². The van der Waals surface area contributed by atoms with Gasteiger partial charge in [0.25, 0.3) is 0 Å². The molecule has 0 radical (unpaired) electrons. The minimum Gasteiger partial charge on any atom is -0.400 e. The van der Waals surface area contributed by atoms with E-state index >= 15 is 0 Å². The smallest absolute Gasteiger partial charge is 0.318 e. The minimum atomic E-state index is -1.38. The molecule has 2 nitrogen and oxygen atoms in total. The van der Waals surface area contributed by atoms with Gasteiger partial charge in [0, 0.05) is 7.11 Å². The van der Waals surface area contributed by atoms with Crippen LogP contribution in [0.25, 0.3) is 0 Å². The molecular formula is C15H30O2Si. The number of hydrogen-bond acceptors (Lipinski definition) is 2. The zero-order chi connectivity index (χ0) is 12.8. The predicted molar refractivity (Wildman–Crippen MR) is 78.0 cm³/mol. The number of rotatable bonds is 5. The Balaban J connectivity index is 1.95. The highest BCUT2D eigenvalue weighted by molar-refractivity contribution is 6.42. The van der Waals surface area contributed by atoms with Crippen LogP contribution in [0.4, 0.5) is 0 Å². The van der Waals surface area contributed by atoms with Crippen molar-refractivity contribution in [2.45, 2.75) is 76.9 Å². The fourth-order valence-corrected chi connectivity index (χ4v) is 4.81. The molecule has 0 N–H and O–H groups in total. The Kier molecular flexibility index (Phi) is 6.19. The summed E-state index contributed by atoms with van der Waals surface area (Å²) < 4.78 is 11.9. The monoisotopic (exact) mass is 270 g/mol. The van der Waals surface area contributed by atoms with Crippen LogP contribution < -0.4 is 0 Å². The Bertz CT molecular complexity index is 205. The van der Waals surface area contributed by atoms with Crippen LogP contribution in [-0.2, 0) is 8.85 Å². The van der Waals surface area contributed by atoms with E-state index in [0.717, 1.165) is 11.8 Å². The summed E-state index contributed by atoms with van der Waals surface area (Å²) in [6.45, 7) is 2.18. The average molecular weight is 270 g/mol. The minimum absolute atomic E-state index is 0.521. The molecular weight excluding hydrogens is 240 g/mol. The van der Waals surface area contributed by atoms with Crippen LogP contribution in [0.3, 0.4) is 0 Å². The summed E-state index contributed by atoms with van der Waals surface area (Å²) in [6.07, 6.45) is 14.6. The third-order valence-electron chi connectivity index (χ3n) is 4.91. The first-order valence-corrected chi connectivity index (χ1v) is 10.1. The van der Waals surface area contributed by atoms with Crippen LogP contribution in [0.2, 0.25) is 6.55 Å². The summed E-state index contributed by atoms with van der Waals surface area (Å²) >= 11 is 0. The van der Waals surface area contributed by atoms with E-state index in [9.17, 15) is 0 Å². The quantitative estimate of drug-likeness (QED) is 0.702. The molecule has 0 aromatic carbocycles. The fraction of sp³-hybridized carbons (Fsp3) is 1.00. The van der Waals surface area contributed by atoms with Crippen molar-refractivity contribution >= 4 is 9.28 Å². The fourth-order valence-electron chi connectivity index (χ4n) is 3.81. The third kappa shape index (κ3) is 4.07. The highest BCUT2D eigenvalue weighted by Gasteiger charge is 2.33. The van der Waals surface area contributed by atoms with Gasteiger partial charge >= 0.3 is 9.28 Å². The van der Waals surface area contributed by atoms with E-state index in [2.05, 4.69) is 6.55 Å². The summed E-state index contributed by atoms with van der Waals surface area (Å²) in [5, 5.41) is 0. The molecule has 0 amide bonds. The van der Waals surface area contributed by atoms with Crippen LogP contribution >= 0.6 is 0 Å². The summed E-state index contributed by atoms with van der Waals surface area (Å²) in [6, 6.07) is 0. The van der Waals surface area contributed by atoms with Crippen molar-refractivity contribution in [1.82, 2.24) is 0 Å². The normalized spacial score (nSPS) is 25.5. The lowest BCUT2D eigenvalue weighted by Crippen LogP contribution is -2.39. The molecule has 0 aromatic heterocycles. The standard InChI is InChI=1S/C15H30O2Si/c1-16-18(2)17-15(13-9-5-3-6-10-13)14-11-7-4-8-12-14/h13-15,18H,3-12H2,1-2H3. The van der Waals surface area contributed by atoms with Crippen LogP contribution in [-0.4, -0.2) is 22.5 Å². The van der Waals surface area contributed by atoms with Gasteiger partial charge < -0.3 is 8.85 Å². The predicted octanol–water partition coefficient (Wildman–Crippen LogP) is 4.03. The molecule has 1 unspecified atom stereocenters. The summed E-state index contributed by atoms with van der Waals surface area (Å²) in [5.41, 5.74) is 0. The Morgan fingerprint density at radius 1 is 0.833 bits per heavy atom. The van der Waals surface area contributed by atoms with Crippen LogP contribution in [0.1, 0.15) is 64.2 Å². The topological polar surface area (TPSA) is 18.5 Å². The molecule has 0 heterocycles. The van der Waals surface area contributed by atoms with Gasteiger partial charge in [-0.3, -0.25) is 0 Å². The van der Waals surface area contributed by atoms with E-state index in [1.54, 1.807) is 0 Å². The van der Waals surface area contributed by atoms with Gasteiger partial charge in [0.2, 0.25) is 0 Å². The highest BCUT2D eigenvalue weighted by atomic mass is 28.3. The Hall–Kier alpha value is 0.137. The van der Waals surface area contributed by atoms with Gasteiger partial charge in [0.05, 0.1) is 6.10 Å². The van der Waals surface area contributed by atoms with Gasteiger partial charge in [0.1, 0.15) is 0 Å². The molecule has 2 rings (SSSR count). The molecule has 106 valence electrons. The molecule has 0 saturated heterocycles. The highest BCUT2D eigenvalue weighted by Crippen LogP contribution is 2.37. The maximum Gasteiger partial charge on any atom is 0.318 e. The third-order valence-corrected chi connectivity index (χ3v) is 6.27. The molecule has 1 atom stereocenters. The molecule has 2 fully saturated rings. The molecule has 2 aliphatic rings. The van der Waals surface area contributed by atoms with Gasteiger partial charge in [-0.1, -0.05) is 38.5 Å². The van der Waals surface area contributed by atoms with E-state index in [0.29, 0.717) is 6.10 Å². The average Bonchev–Trinajstić information content (AvgIpc) is 2.46. The second-order valence-corrected chi connectivity index (χ2v) is 8.08. The Morgan fingerprint density at radius 3 is 1.67 bits per heavy atom. The second-order valence-electron chi connectivity index (χ2n) is 6.20. The van der Waals surface area contributed by atoms with Gasteiger partial charge in [-0.05, 0) is 44.1 Å². The van der Waals surface area contributed by atoms with Crippen LogP contribution in [0.5, 0.6) is 0 Å². The largest absolute Gasteiger partial charge is 0.400 e. The molecule has 0 spiro atoms. The Morgan fingerprint density at radius 2 is 1.28 bits per heavy atom. The van der Waals surface area contributed by atoms with E-state index in [1.165, 1.54) is 64.2 Å². The van der Waals surface area contributed by atoms with Crippen molar-refractivity contribution in [2.75, 3.05) is 7.11 Å². The van der Waals surface area contributed by atoms with Gasteiger partial charge in [-0.25, -0.2) is 0 Å². The lowest BCUT2D eigenvalue weighted by atomic mass is 9.75. The summed E-state index contributed by atoms with van der Waals surface area (Å²) in [4.78, 5) is 0. The first-order valence-electron chi connectivity index (χ1n) is 7.99. The summed E-state index contributed by atoms with van der Waals surface area (Å²) in [7, 11) is 0.434. The van der Waals surface area contributed by atoms with E-state index in [4.69, 9.17) is 8.85 Å². The van der Waals surface area contributed by atoms with Crippen LogP contribution in [0, 0.1) is 11.8 Å². The van der Waals surface area contributed by atoms with E-state index < -0.39 is 9.28 Å². The molecule has 2 aliphatic carbocycles. The summed E-state index contributed by atoms with van der Waals surface area (Å²) in [5.74, 6) is 1.65. The number of hydrogen-bond donors (Lipinski definition) is 0. The van der Waals surface area contributed by atoms with Crippen molar-refractivity contribution in [3.05, 3.63) is 0 Å². The SMILES string of the molecule is CO[SiH](C)OC(C1CCCCC1)C1CCCCC1. The first-order chi connectivity index (χ1) is 8.81. The second kappa shape index (κ2) is 7.66. The lowest BCUT2D eigenvalue weighted by molar-refractivity contribution is 0.0210. The molecule has 2 saturated carbocycles. The maximum absolute atomic E-state index is 6.40. The van der Waals surface area contributed by atoms with Crippen molar-refractivity contribution in [2.24, 2.45) is 11.8 Å². The van der Waals surface area contributed by atoms with Gasteiger partial charge in [0.15, 0.2) is 0 Å². The van der Waals surface area contributed by atoms with Crippen molar-refractivity contribution in [3.63, 3.8) is 0 Å². The first kappa shape index (κ1) is 14.5. The van der Waals surface area contributed by atoms with Crippen molar-refractivity contribution in [3.8, 4) is 0 Å². The van der Waals surface area contributed by atoms with Gasteiger partial charge in [-0.2, -0.15) is 0 Å². The lowest BCUT2D eigenvalue weighted by Gasteiger charge is -2.38. The van der Waals surface area contributed by atoms with Crippen molar-refractivity contribution < 1.29 is 8.85 Å². The molecule has 0 aliphatic heterocycles. The van der Waals surface area contributed by atoms with E-state index in [-0.39, 0.29) is 0 Å². The maximum atomic E-state index is 6.40. The van der Waals surface area contributed by atoms with E-state index in [1.807, 2.05) is 7.11 Å². The van der Waals surface area contributed by atoms with Crippen molar-refractivity contribution in [1.29, 1.82) is 0 Å². The zero-order valence-corrected chi connectivity index (χ0v) is 13.4. The molecule has 18 heavy (non-hydrogen) atoms. The van der Waals surface area contributed by atoms with Gasteiger partial charge in [-0.15, -0.1) is 0 Å². The van der Waals surface area contributed by atoms with Crippen LogP contribution in [0.15, 0.2) is 0 Å². The molecule has 0 bridgehead atoms. The zero-order valence-electron chi connectivity index (χ0n) is 12.2. The molecule has 3 heteroatoms.